The largest absolute Gasteiger partial charge is 0.392 e. The maximum atomic E-state index is 13.4. The van der Waals surface area contributed by atoms with Gasteiger partial charge in [-0.3, -0.25) is 9.69 Å². The molecule has 6 aliphatic rings. The molecule has 5 heterocycles. The van der Waals surface area contributed by atoms with E-state index in [-0.39, 0.29) is 36.7 Å². The molecule has 0 radical (unpaired) electrons. The van der Waals surface area contributed by atoms with Gasteiger partial charge in [0.25, 0.3) is 0 Å². The SMILES string of the molecule is O=C1C[C@@H]2OCC=C3CN4CC[C@]56c7cc(CO)c(CO)cc7N1[C@H]5[C@H]2[C@H]3C[C@H]46. The van der Waals surface area contributed by atoms with Crippen LogP contribution < -0.4 is 4.90 Å². The lowest BCUT2D eigenvalue weighted by atomic mass is 9.53. The maximum Gasteiger partial charge on any atom is 0.229 e. The van der Waals surface area contributed by atoms with E-state index < -0.39 is 0 Å². The van der Waals surface area contributed by atoms with Crippen molar-refractivity contribution in [3.8, 4) is 0 Å². The van der Waals surface area contributed by atoms with Crippen LogP contribution in [-0.4, -0.2) is 58.9 Å². The van der Waals surface area contributed by atoms with E-state index in [1.54, 1.807) is 0 Å². The lowest BCUT2D eigenvalue weighted by Crippen LogP contribution is -2.69. The van der Waals surface area contributed by atoms with Gasteiger partial charge in [0.2, 0.25) is 5.91 Å². The Morgan fingerprint density at radius 1 is 1.21 bits per heavy atom. The molecule has 29 heavy (non-hydrogen) atoms. The topological polar surface area (TPSA) is 73.2 Å². The van der Waals surface area contributed by atoms with Crippen LogP contribution in [0.5, 0.6) is 0 Å². The zero-order valence-corrected chi connectivity index (χ0v) is 16.4. The number of rotatable bonds is 2. The van der Waals surface area contributed by atoms with Gasteiger partial charge in [-0.05, 0) is 48.1 Å². The Kier molecular flexibility index (Phi) is 3.22. The summed E-state index contributed by atoms with van der Waals surface area (Å²) in [5.74, 6) is 0.983. The second-order valence-corrected chi connectivity index (χ2v) is 9.71. The summed E-state index contributed by atoms with van der Waals surface area (Å²) in [6, 6.07) is 4.65. The number of aliphatic hydroxyl groups excluding tert-OH is 2. The van der Waals surface area contributed by atoms with Gasteiger partial charge < -0.3 is 19.8 Å². The smallest absolute Gasteiger partial charge is 0.229 e. The molecule has 1 amide bonds. The van der Waals surface area contributed by atoms with E-state index in [1.165, 1.54) is 11.1 Å². The van der Waals surface area contributed by atoms with Crippen molar-refractivity contribution in [1.82, 2.24) is 4.90 Å². The van der Waals surface area contributed by atoms with Crippen LogP contribution in [0.25, 0.3) is 0 Å². The molecule has 0 aromatic heterocycles. The number of hydrogen-bond acceptors (Lipinski definition) is 5. The minimum atomic E-state index is -0.122. The third-order valence-corrected chi connectivity index (χ3v) is 8.97. The summed E-state index contributed by atoms with van der Waals surface area (Å²) in [6.07, 6.45) is 4.92. The molecule has 7 rings (SSSR count). The lowest BCUT2D eigenvalue weighted by molar-refractivity contribution is -0.132. The Hall–Kier alpha value is -1.73. The van der Waals surface area contributed by atoms with Crippen molar-refractivity contribution < 1.29 is 19.7 Å². The third-order valence-electron chi connectivity index (χ3n) is 8.97. The van der Waals surface area contributed by atoms with Crippen molar-refractivity contribution in [2.75, 3.05) is 24.6 Å². The number of anilines is 1. The predicted octanol–water partition coefficient (Wildman–Crippen LogP) is 1.08. The molecule has 1 aromatic rings. The summed E-state index contributed by atoms with van der Waals surface area (Å²) >= 11 is 0. The van der Waals surface area contributed by atoms with Gasteiger partial charge in [0.1, 0.15) is 0 Å². The molecule has 0 unspecified atom stereocenters. The van der Waals surface area contributed by atoms with E-state index in [4.69, 9.17) is 4.74 Å². The predicted molar refractivity (Wildman–Crippen MR) is 105 cm³/mol. The van der Waals surface area contributed by atoms with E-state index in [9.17, 15) is 15.0 Å². The summed E-state index contributed by atoms with van der Waals surface area (Å²) in [6.45, 7) is 2.50. The molecule has 1 saturated carbocycles. The van der Waals surface area contributed by atoms with E-state index in [0.29, 0.717) is 30.9 Å². The number of carbonyl (C=O) groups is 1. The van der Waals surface area contributed by atoms with Gasteiger partial charge in [-0.1, -0.05) is 17.7 Å². The molecular weight excluding hydrogens is 368 g/mol. The van der Waals surface area contributed by atoms with E-state index in [1.807, 2.05) is 6.07 Å². The van der Waals surface area contributed by atoms with E-state index in [2.05, 4.69) is 21.9 Å². The van der Waals surface area contributed by atoms with Gasteiger partial charge >= 0.3 is 0 Å². The first kappa shape index (κ1) is 17.0. The van der Waals surface area contributed by atoms with Gasteiger partial charge in [0.15, 0.2) is 0 Å². The summed E-state index contributed by atoms with van der Waals surface area (Å²) in [7, 11) is 0. The first-order valence-corrected chi connectivity index (χ1v) is 10.9. The number of carbonyl (C=O) groups excluding carboxylic acids is 1. The summed E-state index contributed by atoms with van der Waals surface area (Å²) in [4.78, 5) is 18.1. The second kappa shape index (κ2) is 5.49. The molecule has 5 aliphatic heterocycles. The normalized spacial score (nSPS) is 41.3. The van der Waals surface area contributed by atoms with Crippen LogP contribution in [0.4, 0.5) is 5.69 Å². The van der Waals surface area contributed by atoms with Gasteiger partial charge in [-0.15, -0.1) is 0 Å². The van der Waals surface area contributed by atoms with Crippen molar-refractivity contribution in [1.29, 1.82) is 0 Å². The van der Waals surface area contributed by atoms with Crippen molar-refractivity contribution in [2.45, 2.75) is 56.1 Å². The highest BCUT2D eigenvalue weighted by Gasteiger charge is 2.71. The lowest BCUT2D eigenvalue weighted by Gasteiger charge is -2.58. The quantitative estimate of drug-likeness (QED) is 0.735. The standard InChI is InChI=1S/C23H26N2O4/c26-10-13-5-16-17(6-14(13)11-27)25-20(28)8-18-21-15-7-19-23(16,22(21)25)2-3-24(19)9-12(15)1-4-29-18/h1,5-6,15,18-19,21-22,26-27H,2-4,7-11H2/t15-,18-,19-,21-,22-,23+/m0/s1. The number of ether oxygens (including phenoxy) is 1. The number of piperidine rings is 2. The van der Waals surface area contributed by atoms with E-state index in [0.717, 1.165) is 42.7 Å². The number of nitrogens with zero attached hydrogens (tertiary/aromatic N) is 2. The zero-order valence-electron chi connectivity index (χ0n) is 16.4. The minimum Gasteiger partial charge on any atom is -0.392 e. The fraction of sp³-hybridized carbons (Fsp3) is 0.609. The van der Waals surface area contributed by atoms with Crippen LogP contribution in [0, 0.1) is 11.8 Å². The first-order valence-electron chi connectivity index (χ1n) is 10.9. The number of fused-ring (bicyclic) bond motifs is 2. The number of hydrogen-bond donors (Lipinski definition) is 2. The molecule has 152 valence electrons. The van der Waals surface area contributed by atoms with Crippen molar-refractivity contribution in [3.05, 3.63) is 40.5 Å². The minimum absolute atomic E-state index is 0.00332. The first-order chi connectivity index (χ1) is 14.2. The van der Waals surface area contributed by atoms with Crippen LogP contribution in [0.2, 0.25) is 0 Å². The highest BCUT2D eigenvalue weighted by molar-refractivity contribution is 5.99. The van der Waals surface area contributed by atoms with E-state index >= 15 is 0 Å². The third kappa shape index (κ3) is 1.82. The van der Waals surface area contributed by atoms with Crippen LogP contribution in [-0.2, 0) is 28.2 Å². The van der Waals surface area contributed by atoms with Crippen LogP contribution in [0.15, 0.2) is 23.8 Å². The summed E-state index contributed by atoms with van der Waals surface area (Å²) in [5.41, 5.74) is 5.15. The molecule has 6 heteroatoms. The molecular formula is C23H26N2O4. The average molecular weight is 394 g/mol. The van der Waals surface area contributed by atoms with Gasteiger partial charge in [-0.25, -0.2) is 0 Å². The Morgan fingerprint density at radius 3 is 2.86 bits per heavy atom. The van der Waals surface area contributed by atoms with Crippen molar-refractivity contribution in [3.63, 3.8) is 0 Å². The van der Waals surface area contributed by atoms with Gasteiger partial charge in [0.05, 0.1) is 38.4 Å². The highest BCUT2D eigenvalue weighted by Crippen LogP contribution is 2.65. The van der Waals surface area contributed by atoms with Crippen LogP contribution in [0.3, 0.4) is 0 Å². The molecule has 1 aromatic carbocycles. The molecule has 1 spiro atoms. The second-order valence-electron chi connectivity index (χ2n) is 9.71. The Balaban J connectivity index is 1.52. The summed E-state index contributed by atoms with van der Waals surface area (Å²) in [5, 5.41) is 19.8. The maximum absolute atomic E-state index is 13.4. The van der Waals surface area contributed by atoms with Gasteiger partial charge in [-0.2, -0.15) is 0 Å². The van der Waals surface area contributed by atoms with Crippen LogP contribution >= 0.6 is 0 Å². The monoisotopic (exact) mass is 394 g/mol. The number of aliphatic hydroxyl groups is 2. The number of amides is 1. The summed E-state index contributed by atoms with van der Waals surface area (Å²) < 4.78 is 6.26. The molecule has 3 saturated heterocycles. The number of benzene rings is 1. The molecule has 6 atom stereocenters. The molecule has 2 bridgehead atoms. The Labute approximate surface area is 169 Å². The fourth-order valence-corrected chi connectivity index (χ4v) is 7.97. The fourth-order valence-electron chi connectivity index (χ4n) is 7.97. The van der Waals surface area contributed by atoms with Crippen LogP contribution in [0.1, 0.15) is 36.0 Å². The van der Waals surface area contributed by atoms with Gasteiger partial charge in [0, 0.05) is 29.6 Å². The molecule has 6 nitrogen and oxygen atoms in total. The Morgan fingerprint density at radius 2 is 2.03 bits per heavy atom. The molecule has 1 aliphatic carbocycles. The van der Waals surface area contributed by atoms with Crippen molar-refractivity contribution >= 4 is 11.6 Å². The van der Waals surface area contributed by atoms with Crippen molar-refractivity contribution in [2.24, 2.45) is 11.8 Å². The Bertz CT molecular complexity index is 974. The molecule has 4 fully saturated rings. The highest BCUT2D eigenvalue weighted by atomic mass is 16.5. The average Bonchev–Trinajstić information content (AvgIpc) is 3.20. The zero-order chi connectivity index (χ0) is 19.5. The molecule has 2 N–H and O–H groups in total.